The van der Waals surface area contributed by atoms with E-state index >= 15 is 0 Å². The molecule has 0 atom stereocenters. The van der Waals surface area contributed by atoms with Crippen LogP contribution in [0.25, 0.3) is 0 Å². The van der Waals surface area contributed by atoms with Gasteiger partial charge >= 0.3 is 5.92 Å². The number of nitrogens with zero attached hydrogens (tertiary/aromatic N) is 2. The van der Waals surface area contributed by atoms with Gasteiger partial charge in [0.2, 0.25) is 5.82 Å². The van der Waals surface area contributed by atoms with Crippen molar-refractivity contribution in [2.45, 2.75) is 11.1 Å². The van der Waals surface area contributed by atoms with Gasteiger partial charge in [-0.25, -0.2) is 4.39 Å². The molecule has 1 N–H and O–H groups in total. The van der Waals surface area contributed by atoms with E-state index in [0.717, 1.165) is 0 Å². The highest BCUT2D eigenvalue weighted by Crippen LogP contribution is 2.24. The molecule has 0 saturated carbocycles. The summed E-state index contributed by atoms with van der Waals surface area (Å²) < 4.78 is 36.3. The smallest absolute Gasteiger partial charge is 0.315 e. The van der Waals surface area contributed by atoms with Gasteiger partial charge in [0.15, 0.2) is 11.8 Å². The minimum Gasteiger partial charge on any atom is -0.315 e. The van der Waals surface area contributed by atoms with Crippen molar-refractivity contribution < 1.29 is 13.2 Å². The first-order valence-corrected chi connectivity index (χ1v) is 3.07. The maximum absolute atomic E-state index is 12.4. The summed E-state index contributed by atoms with van der Waals surface area (Å²) in [5.41, 5.74) is 0. The summed E-state index contributed by atoms with van der Waals surface area (Å²) in [7, 11) is 0. The number of thiol groups is 1. The molecule has 0 saturated heterocycles. The van der Waals surface area contributed by atoms with Crippen molar-refractivity contribution >= 4 is 12.6 Å². The normalized spacial score (nSPS) is 12.0. The average Bonchev–Trinajstić information content (AvgIpc) is 2.36. The standard InChI is InChI=1S/C4H4F3N3S/c5-1-4(6,7)2-8-3(11)10-9-2/h1H2,(H2,8,9,10,11). The van der Waals surface area contributed by atoms with Crippen molar-refractivity contribution in [1.82, 2.24) is 15.2 Å². The van der Waals surface area contributed by atoms with Gasteiger partial charge in [0.05, 0.1) is 0 Å². The Morgan fingerprint density at radius 3 is 2.45 bits per heavy atom. The Bertz CT molecular complexity index is 248. The van der Waals surface area contributed by atoms with E-state index in [4.69, 9.17) is 0 Å². The number of hydrogen-bond acceptors (Lipinski definition) is 3. The van der Waals surface area contributed by atoms with Gasteiger partial charge in [-0.05, 0) is 0 Å². The molecule has 0 amide bonds. The first-order chi connectivity index (χ1) is 5.06. The lowest BCUT2D eigenvalue weighted by Gasteiger charge is -2.05. The Labute approximate surface area is 65.4 Å². The molecule has 1 aromatic rings. The van der Waals surface area contributed by atoms with E-state index in [-0.39, 0.29) is 5.16 Å². The fourth-order valence-corrected chi connectivity index (χ4v) is 0.632. The van der Waals surface area contributed by atoms with Crippen molar-refractivity contribution in [3.63, 3.8) is 0 Å². The molecule has 1 aromatic heterocycles. The number of nitrogens with one attached hydrogen (secondary N) is 1. The van der Waals surface area contributed by atoms with E-state index in [1.807, 2.05) is 4.98 Å². The van der Waals surface area contributed by atoms with Crippen LogP contribution in [0.4, 0.5) is 13.2 Å². The molecule has 11 heavy (non-hydrogen) atoms. The first kappa shape index (κ1) is 8.38. The van der Waals surface area contributed by atoms with Crippen molar-refractivity contribution in [2.75, 3.05) is 6.67 Å². The zero-order valence-corrected chi connectivity index (χ0v) is 6.08. The molecule has 0 unspecified atom stereocenters. The monoisotopic (exact) mass is 183 g/mol. The van der Waals surface area contributed by atoms with Crippen LogP contribution in [0.2, 0.25) is 0 Å². The van der Waals surface area contributed by atoms with Gasteiger partial charge in [-0.3, -0.25) is 0 Å². The molecule has 0 aliphatic carbocycles. The predicted octanol–water partition coefficient (Wildman–Crippen LogP) is 1.15. The maximum atomic E-state index is 12.4. The molecule has 0 bridgehead atoms. The highest BCUT2D eigenvalue weighted by atomic mass is 32.1. The molecule has 0 aliphatic heterocycles. The van der Waals surface area contributed by atoms with Gasteiger partial charge in [0.1, 0.15) is 0 Å². The van der Waals surface area contributed by atoms with Crippen LogP contribution in [0.15, 0.2) is 5.16 Å². The summed E-state index contributed by atoms with van der Waals surface area (Å²) in [6, 6.07) is 0. The lowest BCUT2D eigenvalue weighted by atomic mass is 10.3. The minimum atomic E-state index is -3.59. The summed E-state index contributed by atoms with van der Waals surface area (Å²) in [6.45, 7) is -1.80. The zero-order valence-electron chi connectivity index (χ0n) is 5.18. The highest BCUT2D eigenvalue weighted by Gasteiger charge is 2.35. The largest absolute Gasteiger partial charge is 0.334 e. The van der Waals surface area contributed by atoms with Gasteiger partial charge in [-0.2, -0.15) is 8.78 Å². The van der Waals surface area contributed by atoms with Crippen LogP contribution in [0, 0.1) is 0 Å². The molecule has 1 heterocycles. The second-order valence-corrected chi connectivity index (χ2v) is 2.26. The first-order valence-electron chi connectivity index (χ1n) is 2.62. The van der Waals surface area contributed by atoms with Crippen LogP contribution < -0.4 is 0 Å². The quantitative estimate of drug-likeness (QED) is 0.675. The second kappa shape index (κ2) is 2.72. The Kier molecular flexibility index (Phi) is 2.08. The van der Waals surface area contributed by atoms with E-state index in [1.165, 1.54) is 0 Å². The summed E-state index contributed by atoms with van der Waals surface area (Å²) in [5, 5.41) is 6.07. The summed E-state index contributed by atoms with van der Waals surface area (Å²) in [6.07, 6.45) is 0. The predicted molar refractivity (Wildman–Crippen MR) is 33.5 cm³/mol. The third-order valence-corrected chi connectivity index (χ3v) is 1.19. The summed E-state index contributed by atoms with van der Waals surface area (Å²) in [5.74, 6) is -4.39. The molecule has 1 rings (SSSR count). The average molecular weight is 183 g/mol. The summed E-state index contributed by atoms with van der Waals surface area (Å²) >= 11 is 3.59. The van der Waals surface area contributed by atoms with E-state index in [2.05, 4.69) is 22.8 Å². The lowest BCUT2D eigenvalue weighted by Crippen LogP contribution is -2.17. The van der Waals surface area contributed by atoms with Crippen LogP contribution in [-0.2, 0) is 5.92 Å². The molecular weight excluding hydrogens is 179 g/mol. The fourth-order valence-electron chi connectivity index (χ4n) is 0.481. The van der Waals surface area contributed by atoms with Crippen LogP contribution in [0.1, 0.15) is 5.82 Å². The Balaban J connectivity index is 2.92. The van der Waals surface area contributed by atoms with Gasteiger partial charge in [0, 0.05) is 0 Å². The van der Waals surface area contributed by atoms with Crippen LogP contribution in [-0.4, -0.2) is 21.9 Å². The van der Waals surface area contributed by atoms with Crippen LogP contribution in [0.3, 0.4) is 0 Å². The van der Waals surface area contributed by atoms with E-state index < -0.39 is 18.4 Å². The number of aromatic amines is 1. The number of alkyl halides is 3. The van der Waals surface area contributed by atoms with E-state index in [0.29, 0.717) is 0 Å². The molecule has 0 aromatic carbocycles. The third-order valence-electron chi connectivity index (χ3n) is 0.989. The molecule has 0 radical (unpaired) electrons. The van der Waals surface area contributed by atoms with Gasteiger partial charge in [-0.1, -0.05) is 0 Å². The third kappa shape index (κ3) is 1.65. The Hall–Kier alpha value is -0.720. The lowest BCUT2D eigenvalue weighted by molar-refractivity contribution is -0.0363. The second-order valence-electron chi connectivity index (χ2n) is 1.84. The minimum absolute atomic E-state index is 0.0619. The molecule has 0 fully saturated rings. The number of halogens is 3. The SMILES string of the molecule is FCC(F)(F)c1nnc(S)[nH]1. The summed E-state index contributed by atoms with van der Waals surface area (Å²) in [4.78, 5) is 2.02. The number of aromatic nitrogens is 3. The number of hydrogen-bond donors (Lipinski definition) is 2. The molecule has 7 heteroatoms. The number of rotatable bonds is 2. The molecule has 0 aliphatic rings. The van der Waals surface area contributed by atoms with E-state index in [1.54, 1.807) is 0 Å². The van der Waals surface area contributed by atoms with E-state index in [9.17, 15) is 13.2 Å². The van der Waals surface area contributed by atoms with Crippen molar-refractivity contribution in [2.24, 2.45) is 0 Å². The Morgan fingerprint density at radius 2 is 2.09 bits per heavy atom. The molecular formula is C4H4F3N3S. The van der Waals surface area contributed by atoms with Gasteiger partial charge < -0.3 is 4.98 Å². The van der Waals surface area contributed by atoms with Gasteiger partial charge in [0.25, 0.3) is 0 Å². The molecule has 62 valence electrons. The number of H-pyrrole nitrogens is 1. The molecule has 3 nitrogen and oxygen atoms in total. The van der Waals surface area contributed by atoms with Crippen molar-refractivity contribution in [3.8, 4) is 0 Å². The van der Waals surface area contributed by atoms with Crippen molar-refractivity contribution in [1.29, 1.82) is 0 Å². The van der Waals surface area contributed by atoms with Crippen LogP contribution in [0.5, 0.6) is 0 Å². The fraction of sp³-hybridized carbons (Fsp3) is 0.500. The molecule has 0 spiro atoms. The zero-order chi connectivity index (χ0) is 8.48. The van der Waals surface area contributed by atoms with Crippen LogP contribution >= 0.6 is 12.6 Å². The topological polar surface area (TPSA) is 41.6 Å². The maximum Gasteiger partial charge on any atom is 0.334 e. The van der Waals surface area contributed by atoms with Crippen molar-refractivity contribution in [3.05, 3.63) is 5.82 Å². The Morgan fingerprint density at radius 1 is 1.45 bits per heavy atom. The van der Waals surface area contributed by atoms with Gasteiger partial charge in [-0.15, -0.1) is 22.8 Å². The highest BCUT2D eigenvalue weighted by molar-refractivity contribution is 7.80.